The molecule has 5 nitrogen and oxygen atoms in total. The number of benzene rings is 8. The molecule has 0 saturated carbocycles. The van der Waals surface area contributed by atoms with Gasteiger partial charge in [-0.2, -0.15) is 0 Å². The summed E-state index contributed by atoms with van der Waals surface area (Å²) < 4.78 is 2.31. The molecular weight excluding hydrogens is 839 g/mol. The van der Waals surface area contributed by atoms with Gasteiger partial charge in [0.2, 0.25) is 5.95 Å². The van der Waals surface area contributed by atoms with Crippen molar-refractivity contribution < 1.29 is 0 Å². The molecule has 13 rings (SSSR count). The lowest BCUT2D eigenvalue weighted by Crippen LogP contribution is -2.04. The topological polar surface area (TPSA) is 56.5 Å². The molecule has 0 spiro atoms. The van der Waals surface area contributed by atoms with Crippen molar-refractivity contribution in [1.29, 1.82) is 0 Å². The van der Waals surface area contributed by atoms with Gasteiger partial charge in [0.25, 0.3) is 0 Å². The average Bonchev–Trinajstić information content (AvgIpc) is 3.78. The minimum Gasteiger partial charge on any atom is -0.278 e. The molecule has 1 aliphatic rings. The van der Waals surface area contributed by atoms with E-state index in [0.29, 0.717) is 5.95 Å². The average molecular weight is 882 g/mol. The maximum Gasteiger partial charge on any atom is 0.235 e. The lowest BCUT2D eigenvalue weighted by molar-refractivity contribution is 0.969. The number of pyridine rings is 2. The SMILES string of the molecule is c1ccc(-c2cc(-c3ccccc3)nc(-c3cc4c5c6c(cc(-c7cc(-c8ccccc8)cc(-c8ccccc8)n7)cc6n(-c6nc(-c7ccccc7)cc(-c7ccccc7)n6)c5c3)CC4)c2)cc1. The van der Waals surface area contributed by atoms with Crippen molar-refractivity contribution in [2.24, 2.45) is 0 Å². The van der Waals surface area contributed by atoms with E-state index in [0.717, 1.165) is 114 Å². The Labute approximate surface area is 400 Å². The molecule has 1 aliphatic carbocycles. The summed E-state index contributed by atoms with van der Waals surface area (Å²) in [6, 6.07) is 83.5. The lowest BCUT2D eigenvalue weighted by Gasteiger charge is -2.17. The number of rotatable bonds is 9. The quantitative estimate of drug-likeness (QED) is 0.145. The highest BCUT2D eigenvalue weighted by molar-refractivity contribution is 6.15. The van der Waals surface area contributed by atoms with Gasteiger partial charge in [0.05, 0.1) is 45.2 Å². The van der Waals surface area contributed by atoms with Gasteiger partial charge in [-0.05, 0) is 101 Å². The standard InChI is InChI=1S/C64H43N5/c1-7-19-42(20-8-1)50-35-54(44-23-11-3-12-24-44)65-56(37-50)52-33-48-31-32-49-34-53(57-38-51(43-21-9-2-10-22-43)36-55(66-57)45-25-13-4-14-26-45)40-61-63(49)62(48)60(39-52)69(61)64-67-58(46-27-15-5-16-28-46)41-59(68-64)47-29-17-6-18-30-47/h1-30,33-41H,31-32H2. The van der Waals surface area contributed by atoms with E-state index in [9.17, 15) is 0 Å². The molecule has 0 amide bonds. The van der Waals surface area contributed by atoms with Crippen molar-refractivity contribution in [2.75, 3.05) is 0 Å². The zero-order valence-corrected chi connectivity index (χ0v) is 37.7. The zero-order chi connectivity index (χ0) is 45.7. The molecule has 69 heavy (non-hydrogen) atoms. The van der Waals surface area contributed by atoms with Gasteiger partial charge in [-0.25, -0.2) is 19.9 Å². The largest absolute Gasteiger partial charge is 0.278 e. The fourth-order valence-electron chi connectivity index (χ4n) is 10.1. The van der Waals surface area contributed by atoms with Gasteiger partial charge in [-0.15, -0.1) is 0 Å². The first-order chi connectivity index (χ1) is 34.2. The summed E-state index contributed by atoms with van der Waals surface area (Å²) in [6.45, 7) is 0. The minimum absolute atomic E-state index is 0.607. The van der Waals surface area contributed by atoms with E-state index in [2.05, 4.69) is 229 Å². The van der Waals surface area contributed by atoms with Gasteiger partial charge in [0, 0.05) is 44.2 Å². The number of nitrogens with zero attached hydrogens (tertiary/aromatic N) is 5. The van der Waals surface area contributed by atoms with Crippen LogP contribution in [0.3, 0.4) is 0 Å². The van der Waals surface area contributed by atoms with Gasteiger partial charge in [0.15, 0.2) is 0 Å². The van der Waals surface area contributed by atoms with Crippen LogP contribution < -0.4 is 0 Å². The Balaban J connectivity index is 1.11. The molecule has 12 aromatic rings. The number of hydrogen-bond acceptors (Lipinski definition) is 4. The molecule has 0 aliphatic heterocycles. The first-order valence-corrected chi connectivity index (χ1v) is 23.6. The van der Waals surface area contributed by atoms with E-state index in [1.165, 1.54) is 21.9 Å². The van der Waals surface area contributed by atoms with Crippen LogP contribution >= 0.6 is 0 Å². The fraction of sp³-hybridized carbons (Fsp3) is 0.0312. The Morgan fingerprint density at radius 3 is 0.870 bits per heavy atom. The van der Waals surface area contributed by atoms with Crippen molar-refractivity contribution in [2.45, 2.75) is 12.8 Å². The monoisotopic (exact) mass is 881 g/mol. The Kier molecular flexibility index (Phi) is 9.90. The molecule has 0 bridgehead atoms. The molecule has 324 valence electrons. The van der Waals surface area contributed by atoms with Crippen LogP contribution in [0.5, 0.6) is 0 Å². The van der Waals surface area contributed by atoms with Crippen molar-refractivity contribution in [3.8, 4) is 95.7 Å². The number of hydrogen-bond donors (Lipinski definition) is 0. The van der Waals surface area contributed by atoms with Crippen molar-refractivity contribution in [3.63, 3.8) is 0 Å². The molecule has 8 aromatic carbocycles. The normalized spacial score (nSPS) is 11.9. The third-order valence-corrected chi connectivity index (χ3v) is 13.4. The molecule has 0 N–H and O–H groups in total. The predicted octanol–water partition coefficient (Wildman–Crippen LogP) is 15.8. The second-order valence-corrected chi connectivity index (χ2v) is 17.8. The highest BCUT2D eigenvalue weighted by atomic mass is 15.2. The Bertz CT molecular complexity index is 3490. The minimum atomic E-state index is 0.607. The summed E-state index contributed by atoms with van der Waals surface area (Å²) in [6.07, 6.45) is 1.74. The molecule has 0 radical (unpaired) electrons. The molecule has 4 heterocycles. The second-order valence-electron chi connectivity index (χ2n) is 17.8. The smallest absolute Gasteiger partial charge is 0.235 e. The van der Waals surface area contributed by atoms with Crippen molar-refractivity contribution in [3.05, 3.63) is 248 Å². The van der Waals surface area contributed by atoms with Gasteiger partial charge >= 0.3 is 0 Å². The summed E-state index contributed by atoms with van der Waals surface area (Å²) >= 11 is 0. The molecule has 0 atom stereocenters. The van der Waals surface area contributed by atoms with Gasteiger partial charge in [-0.1, -0.05) is 182 Å². The van der Waals surface area contributed by atoms with Crippen molar-refractivity contribution >= 4 is 21.8 Å². The maximum atomic E-state index is 5.49. The summed E-state index contributed by atoms with van der Waals surface area (Å²) in [5, 5.41) is 2.46. The van der Waals surface area contributed by atoms with E-state index >= 15 is 0 Å². The van der Waals surface area contributed by atoms with E-state index in [1.807, 2.05) is 12.1 Å². The molecular formula is C64H43N5. The van der Waals surface area contributed by atoms with Gasteiger partial charge in [-0.3, -0.25) is 4.57 Å². The first kappa shape index (κ1) is 40.2. The van der Waals surface area contributed by atoms with E-state index in [-0.39, 0.29) is 0 Å². The maximum absolute atomic E-state index is 5.49. The molecule has 0 saturated heterocycles. The fourth-order valence-corrected chi connectivity index (χ4v) is 10.1. The third kappa shape index (κ3) is 7.47. The van der Waals surface area contributed by atoms with Crippen LogP contribution in [0.4, 0.5) is 0 Å². The van der Waals surface area contributed by atoms with E-state index in [1.54, 1.807) is 0 Å². The summed E-state index contributed by atoms with van der Waals surface area (Å²) in [7, 11) is 0. The van der Waals surface area contributed by atoms with Crippen LogP contribution in [0.2, 0.25) is 0 Å². The van der Waals surface area contributed by atoms with Crippen molar-refractivity contribution in [1.82, 2.24) is 24.5 Å². The van der Waals surface area contributed by atoms with Crippen LogP contribution in [-0.4, -0.2) is 24.5 Å². The molecule has 0 fully saturated rings. The molecule has 4 aromatic heterocycles. The Morgan fingerprint density at radius 1 is 0.246 bits per heavy atom. The Morgan fingerprint density at radius 2 is 0.536 bits per heavy atom. The molecule has 0 unspecified atom stereocenters. The number of aromatic nitrogens is 5. The van der Waals surface area contributed by atoms with Crippen LogP contribution in [0.1, 0.15) is 11.1 Å². The summed E-state index contributed by atoms with van der Waals surface area (Å²) in [5.74, 6) is 0.607. The highest BCUT2D eigenvalue weighted by Gasteiger charge is 2.26. The highest BCUT2D eigenvalue weighted by Crippen LogP contribution is 2.45. The van der Waals surface area contributed by atoms with E-state index in [4.69, 9.17) is 19.9 Å². The van der Waals surface area contributed by atoms with Crippen LogP contribution in [0.25, 0.3) is 118 Å². The first-order valence-electron chi connectivity index (χ1n) is 23.6. The zero-order valence-electron chi connectivity index (χ0n) is 37.7. The van der Waals surface area contributed by atoms with Crippen LogP contribution in [0, 0.1) is 0 Å². The van der Waals surface area contributed by atoms with Crippen LogP contribution in [0.15, 0.2) is 237 Å². The summed E-state index contributed by atoms with van der Waals surface area (Å²) in [5.41, 5.74) is 20.9. The van der Waals surface area contributed by atoms with Crippen LogP contribution in [-0.2, 0) is 12.8 Å². The van der Waals surface area contributed by atoms with Gasteiger partial charge < -0.3 is 0 Å². The summed E-state index contributed by atoms with van der Waals surface area (Å²) in [4.78, 5) is 21.8. The molecule has 5 heteroatoms. The van der Waals surface area contributed by atoms with Gasteiger partial charge in [0.1, 0.15) is 0 Å². The second kappa shape index (κ2) is 17.0. The van der Waals surface area contributed by atoms with E-state index < -0.39 is 0 Å². The number of aryl methyl sites for hydroxylation is 2. The Hall–Kier alpha value is -9.06. The lowest BCUT2D eigenvalue weighted by atomic mass is 9.87. The predicted molar refractivity (Wildman–Crippen MR) is 283 cm³/mol. The third-order valence-electron chi connectivity index (χ3n) is 13.4.